The molecule has 0 bridgehead atoms. The molecule has 0 heterocycles. The van der Waals surface area contributed by atoms with E-state index in [9.17, 15) is 14.3 Å². The maximum absolute atomic E-state index is 12.0. The first kappa shape index (κ1) is 28.5. The van der Waals surface area contributed by atoms with Gasteiger partial charge in [0.05, 0.1) is 27.7 Å². The molecule has 0 aromatic heterocycles. The molecule has 2 atom stereocenters. The van der Waals surface area contributed by atoms with Crippen molar-refractivity contribution in [1.29, 1.82) is 0 Å². The molecule has 0 aliphatic carbocycles. The summed E-state index contributed by atoms with van der Waals surface area (Å²) in [5.41, 5.74) is 0. The zero-order chi connectivity index (χ0) is 22.2. The van der Waals surface area contributed by atoms with Gasteiger partial charge in [-0.2, -0.15) is 0 Å². The SMILES string of the molecule is CCCCCCOC(COC(=O)CCCCC)COP(=O)([O-])OCC[N+](C)(C)C. The summed E-state index contributed by atoms with van der Waals surface area (Å²) in [6, 6.07) is 0. The van der Waals surface area contributed by atoms with Gasteiger partial charge in [-0.1, -0.05) is 46.0 Å². The molecule has 0 rings (SSSR count). The van der Waals surface area contributed by atoms with Crippen LogP contribution in [0.3, 0.4) is 0 Å². The summed E-state index contributed by atoms with van der Waals surface area (Å²) in [5.74, 6) is -0.303. The van der Waals surface area contributed by atoms with Crippen LogP contribution in [0.2, 0.25) is 0 Å². The number of unbranched alkanes of at least 4 members (excludes halogenated alkanes) is 5. The molecule has 0 fully saturated rings. The van der Waals surface area contributed by atoms with Crippen molar-refractivity contribution in [3.05, 3.63) is 0 Å². The normalized spacial score (nSPS) is 15.1. The molecule has 0 saturated carbocycles. The summed E-state index contributed by atoms with van der Waals surface area (Å²) in [6.45, 7) is 4.96. The Morgan fingerprint density at radius 3 is 2.21 bits per heavy atom. The molecule has 0 aliphatic heterocycles. The van der Waals surface area contributed by atoms with Crippen LogP contribution in [-0.4, -0.2) is 70.7 Å². The Morgan fingerprint density at radius 1 is 0.931 bits per heavy atom. The number of phosphoric acid groups is 1. The maximum atomic E-state index is 12.0. The van der Waals surface area contributed by atoms with Crippen LogP contribution in [0.5, 0.6) is 0 Å². The van der Waals surface area contributed by atoms with Crippen molar-refractivity contribution in [2.75, 3.05) is 54.1 Å². The van der Waals surface area contributed by atoms with Crippen LogP contribution in [0, 0.1) is 0 Å². The average Bonchev–Trinajstić information content (AvgIpc) is 2.62. The third kappa shape index (κ3) is 19.2. The van der Waals surface area contributed by atoms with Gasteiger partial charge in [-0.3, -0.25) is 9.36 Å². The fourth-order valence-corrected chi connectivity index (χ4v) is 3.07. The van der Waals surface area contributed by atoms with E-state index < -0.39 is 13.9 Å². The van der Waals surface area contributed by atoms with E-state index in [-0.39, 0.29) is 25.8 Å². The highest BCUT2D eigenvalue weighted by molar-refractivity contribution is 7.45. The summed E-state index contributed by atoms with van der Waals surface area (Å²) < 4.78 is 33.4. The van der Waals surface area contributed by atoms with Gasteiger partial charge < -0.3 is 27.9 Å². The fourth-order valence-electron chi connectivity index (χ4n) is 2.34. The second-order valence-electron chi connectivity index (χ2n) is 8.28. The number of quaternary nitrogens is 1. The van der Waals surface area contributed by atoms with E-state index in [1.165, 1.54) is 0 Å². The predicted molar refractivity (Wildman–Crippen MR) is 111 cm³/mol. The van der Waals surface area contributed by atoms with Gasteiger partial charge in [-0.25, -0.2) is 0 Å². The van der Waals surface area contributed by atoms with Crippen LogP contribution in [0.1, 0.15) is 65.2 Å². The first-order valence-electron chi connectivity index (χ1n) is 10.8. The molecular weight excluding hydrogens is 397 g/mol. The Balaban J connectivity index is 4.43. The molecule has 0 aromatic rings. The zero-order valence-corrected chi connectivity index (χ0v) is 19.9. The molecule has 2 unspecified atom stereocenters. The van der Waals surface area contributed by atoms with Crippen LogP contribution in [-0.2, 0) is 27.9 Å². The molecule has 0 spiro atoms. The van der Waals surface area contributed by atoms with Gasteiger partial charge in [-0.15, -0.1) is 0 Å². The Hall–Kier alpha value is -0.500. The van der Waals surface area contributed by atoms with E-state index in [2.05, 4.69) is 13.8 Å². The monoisotopic (exact) mass is 439 g/mol. The molecule has 9 heteroatoms. The Bertz CT molecular complexity index is 468. The van der Waals surface area contributed by atoms with Gasteiger partial charge in [0.2, 0.25) is 0 Å². The van der Waals surface area contributed by atoms with Crippen LogP contribution < -0.4 is 4.89 Å². The molecule has 8 nitrogen and oxygen atoms in total. The van der Waals surface area contributed by atoms with Crippen LogP contribution in [0.15, 0.2) is 0 Å². The number of likely N-dealkylation sites (N-methyl/N-ethyl adjacent to an activating group) is 1. The predicted octanol–water partition coefficient (Wildman–Crippen LogP) is 3.28. The smallest absolute Gasteiger partial charge is 0.305 e. The van der Waals surface area contributed by atoms with Crippen LogP contribution >= 0.6 is 7.82 Å². The lowest BCUT2D eigenvalue weighted by Crippen LogP contribution is -2.37. The molecule has 174 valence electrons. The van der Waals surface area contributed by atoms with Gasteiger partial charge >= 0.3 is 5.97 Å². The van der Waals surface area contributed by atoms with Crippen molar-refractivity contribution >= 4 is 13.8 Å². The highest BCUT2D eigenvalue weighted by atomic mass is 31.2. The van der Waals surface area contributed by atoms with Crippen molar-refractivity contribution in [3.8, 4) is 0 Å². The fraction of sp³-hybridized carbons (Fsp3) is 0.950. The number of rotatable bonds is 19. The molecular formula is C20H42NO7P. The summed E-state index contributed by atoms with van der Waals surface area (Å²) in [7, 11) is 1.39. The average molecular weight is 440 g/mol. The van der Waals surface area contributed by atoms with Crippen molar-refractivity contribution in [2.45, 2.75) is 71.3 Å². The zero-order valence-electron chi connectivity index (χ0n) is 19.0. The minimum atomic E-state index is -4.43. The lowest BCUT2D eigenvalue weighted by atomic mass is 10.2. The Morgan fingerprint density at radius 2 is 1.59 bits per heavy atom. The number of hydrogen-bond acceptors (Lipinski definition) is 7. The van der Waals surface area contributed by atoms with E-state index >= 15 is 0 Å². The highest BCUT2D eigenvalue weighted by Gasteiger charge is 2.19. The number of nitrogens with zero attached hydrogens (tertiary/aromatic N) is 1. The number of carbonyl (C=O) groups excluding carboxylic acids is 1. The van der Waals surface area contributed by atoms with Gasteiger partial charge in [-0.05, 0) is 12.8 Å². The summed E-state index contributed by atoms with van der Waals surface area (Å²) in [4.78, 5) is 23.8. The number of esters is 1. The summed E-state index contributed by atoms with van der Waals surface area (Å²) in [6.07, 6.45) is 6.63. The third-order valence-electron chi connectivity index (χ3n) is 4.20. The van der Waals surface area contributed by atoms with Crippen LogP contribution in [0.25, 0.3) is 0 Å². The van der Waals surface area contributed by atoms with Gasteiger partial charge in [0.1, 0.15) is 25.9 Å². The lowest BCUT2D eigenvalue weighted by molar-refractivity contribution is -0.870. The van der Waals surface area contributed by atoms with E-state index in [4.69, 9.17) is 18.5 Å². The minimum Gasteiger partial charge on any atom is -0.756 e. The summed E-state index contributed by atoms with van der Waals surface area (Å²) >= 11 is 0. The topological polar surface area (TPSA) is 94.1 Å². The largest absolute Gasteiger partial charge is 0.756 e. The molecule has 29 heavy (non-hydrogen) atoms. The van der Waals surface area contributed by atoms with Gasteiger partial charge in [0.15, 0.2) is 0 Å². The number of phosphoric ester groups is 1. The third-order valence-corrected chi connectivity index (χ3v) is 5.16. The molecule has 0 radical (unpaired) electrons. The van der Waals surface area contributed by atoms with Crippen molar-refractivity contribution in [3.63, 3.8) is 0 Å². The molecule has 0 saturated heterocycles. The number of carbonyl (C=O) groups is 1. The second kappa shape index (κ2) is 16.2. The number of hydrogen-bond donors (Lipinski definition) is 0. The van der Waals surface area contributed by atoms with E-state index in [1.54, 1.807) is 0 Å². The quantitative estimate of drug-likeness (QED) is 0.132. The Labute approximate surface area is 177 Å². The van der Waals surface area contributed by atoms with E-state index in [0.717, 1.165) is 44.9 Å². The summed E-state index contributed by atoms with van der Waals surface area (Å²) in [5, 5.41) is 0. The van der Waals surface area contributed by atoms with Crippen molar-refractivity contribution in [2.24, 2.45) is 0 Å². The first-order valence-corrected chi connectivity index (χ1v) is 12.2. The standard InChI is InChI=1S/C20H42NO7P/c1-6-8-10-12-15-25-19(17-26-20(22)13-11-9-7-2)18-28-29(23,24)27-16-14-21(3,4)5/h19H,6-18H2,1-5H3. The molecule has 0 N–H and O–H groups in total. The maximum Gasteiger partial charge on any atom is 0.305 e. The van der Waals surface area contributed by atoms with Gasteiger partial charge in [0, 0.05) is 13.0 Å². The molecule has 0 aliphatic rings. The number of ether oxygens (including phenoxy) is 2. The van der Waals surface area contributed by atoms with E-state index in [1.807, 2.05) is 21.1 Å². The minimum absolute atomic E-state index is 0.0301. The second-order valence-corrected chi connectivity index (χ2v) is 9.69. The highest BCUT2D eigenvalue weighted by Crippen LogP contribution is 2.38. The molecule has 0 aromatic carbocycles. The van der Waals surface area contributed by atoms with Crippen molar-refractivity contribution in [1.82, 2.24) is 0 Å². The lowest BCUT2D eigenvalue weighted by Gasteiger charge is -2.28. The first-order chi connectivity index (χ1) is 13.6. The molecule has 0 amide bonds. The van der Waals surface area contributed by atoms with E-state index in [0.29, 0.717) is 24.1 Å². The Kier molecular flexibility index (Phi) is 15.9. The van der Waals surface area contributed by atoms with Gasteiger partial charge in [0.25, 0.3) is 7.82 Å². The van der Waals surface area contributed by atoms with Crippen LogP contribution in [0.4, 0.5) is 0 Å². The van der Waals surface area contributed by atoms with Crippen molar-refractivity contribution < 1.29 is 37.3 Å².